The van der Waals surface area contributed by atoms with Crippen molar-refractivity contribution in [2.24, 2.45) is 0 Å². The number of thioether (sulfide) groups is 1. The predicted octanol–water partition coefficient (Wildman–Crippen LogP) is 3.69. The number of para-hydroxylation sites is 1. The van der Waals surface area contributed by atoms with E-state index in [1.165, 1.54) is 18.2 Å². The summed E-state index contributed by atoms with van der Waals surface area (Å²) in [7, 11) is 0. The van der Waals surface area contributed by atoms with Gasteiger partial charge in [-0.1, -0.05) is 23.9 Å². The van der Waals surface area contributed by atoms with E-state index in [0.29, 0.717) is 0 Å². The molecule has 0 fully saturated rings. The number of hydrogen-bond donors (Lipinski definition) is 0. The Morgan fingerprint density at radius 3 is 2.67 bits per heavy atom. The molecule has 0 N–H and O–H groups in total. The van der Waals surface area contributed by atoms with Crippen LogP contribution in [0, 0.1) is 10.1 Å². The van der Waals surface area contributed by atoms with Gasteiger partial charge in [-0.3, -0.25) is 10.1 Å². The van der Waals surface area contributed by atoms with Gasteiger partial charge in [0.2, 0.25) is 0 Å². The molecule has 1 heterocycles. The van der Waals surface area contributed by atoms with Crippen molar-refractivity contribution < 1.29 is 22.5 Å². The molecule has 2 rings (SSSR count). The lowest BCUT2D eigenvalue weighted by Crippen LogP contribution is -2.07. The van der Waals surface area contributed by atoms with Crippen LogP contribution in [0.3, 0.4) is 0 Å². The lowest BCUT2D eigenvalue weighted by atomic mass is 10.2. The molecule has 0 radical (unpaired) electrons. The number of benzene rings is 1. The summed E-state index contributed by atoms with van der Waals surface area (Å²) < 4.78 is 41.2. The van der Waals surface area contributed by atoms with E-state index >= 15 is 0 Å². The summed E-state index contributed by atoms with van der Waals surface area (Å²) in [6.07, 6.45) is -5.24. The van der Waals surface area contributed by atoms with E-state index in [1.807, 2.05) is 0 Å². The number of hydrogen-bond acceptors (Lipinski definition) is 6. The van der Waals surface area contributed by atoms with E-state index in [-0.39, 0.29) is 28.1 Å². The second-order valence-corrected chi connectivity index (χ2v) is 4.91. The van der Waals surface area contributed by atoms with Gasteiger partial charge in [0.25, 0.3) is 16.8 Å². The normalized spacial score (nSPS) is 11.6. The van der Waals surface area contributed by atoms with Crippen molar-refractivity contribution >= 4 is 17.4 Å². The fraction of sp³-hybridized carbons (Fsp3) is 0.273. The highest BCUT2D eigenvalue weighted by molar-refractivity contribution is 7.99. The van der Waals surface area contributed by atoms with Gasteiger partial charge in [0.05, 0.1) is 11.3 Å². The minimum Gasteiger partial charge on any atom is -0.411 e. The Kier molecular flexibility index (Phi) is 4.46. The third-order valence-electron chi connectivity index (χ3n) is 2.35. The first-order chi connectivity index (χ1) is 9.87. The molecule has 0 unspecified atom stereocenters. The van der Waals surface area contributed by atoms with Gasteiger partial charge >= 0.3 is 6.18 Å². The van der Waals surface area contributed by atoms with E-state index in [9.17, 15) is 23.3 Å². The monoisotopic (exact) mass is 319 g/mol. The van der Waals surface area contributed by atoms with E-state index in [0.717, 1.165) is 11.8 Å². The first-order valence-electron chi connectivity index (χ1n) is 5.63. The van der Waals surface area contributed by atoms with E-state index in [1.54, 1.807) is 6.07 Å². The molecule has 112 valence electrons. The van der Waals surface area contributed by atoms with Gasteiger partial charge in [0, 0.05) is 11.8 Å². The van der Waals surface area contributed by atoms with Crippen molar-refractivity contribution in [2.45, 2.75) is 17.8 Å². The third-order valence-corrected chi connectivity index (χ3v) is 3.17. The number of halogens is 3. The standard InChI is InChI=1S/C11H8F3N3O3S/c12-11(13,14)5-6-21-10-16-15-9(20-10)7-3-1-2-4-8(7)17(18)19/h1-4H,5-6H2. The number of nitro groups is 1. The number of nitrogens with zero attached hydrogens (tertiary/aromatic N) is 3. The summed E-state index contributed by atoms with van der Waals surface area (Å²) >= 11 is 0.747. The van der Waals surface area contributed by atoms with Crippen LogP contribution in [0.5, 0.6) is 0 Å². The van der Waals surface area contributed by atoms with Gasteiger partial charge in [-0.05, 0) is 6.07 Å². The van der Waals surface area contributed by atoms with Crippen LogP contribution in [-0.4, -0.2) is 27.0 Å². The average molecular weight is 319 g/mol. The molecule has 0 saturated heterocycles. The second kappa shape index (κ2) is 6.12. The zero-order valence-corrected chi connectivity index (χ0v) is 11.1. The van der Waals surface area contributed by atoms with Gasteiger partial charge in [-0.15, -0.1) is 10.2 Å². The largest absolute Gasteiger partial charge is 0.411 e. The minimum absolute atomic E-state index is 0.0626. The van der Waals surface area contributed by atoms with Crippen LogP contribution >= 0.6 is 11.8 Å². The quantitative estimate of drug-likeness (QED) is 0.475. The summed E-state index contributed by atoms with van der Waals surface area (Å²) in [5, 5.41) is 18.0. The lowest BCUT2D eigenvalue weighted by molar-refractivity contribution is -0.384. The maximum Gasteiger partial charge on any atom is 0.389 e. The topological polar surface area (TPSA) is 82.1 Å². The van der Waals surface area contributed by atoms with Crippen molar-refractivity contribution in [1.29, 1.82) is 0 Å². The summed E-state index contributed by atoms with van der Waals surface area (Å²) in [5.41, 5.74) is -0.0920. The van der Waals surface area contributed by atoms with Crippen molar-refractivity contribution in [1.82, 2.24) is 10.2 Å². The minimum atomic E-state index is -4.26. The SMILES string of the molecule is O=[N+]([O-])c1ccccc1-c1nnc(SCCC(F)(F)F)o1. The number of rotatable bonds is 5. The van der Waals surface area contributed by atoms with Crippen molar-refractivity contribution in [2.75, 3.05) is 5.75 Å². The van der Waals surface area contributed by atoms with E-state index in [2.05, 4.69) is 10.2 Å². The molecule has 1 aromatic heterocycles. The number of aromatic nitrogens is 2. The fourth-order valence-corrected chi connectivity index (χ4v) is 2.19. The van der Waals surface area contributed by atoms with Gasteiger partial charge in [0.1, 0.15) is 5.56 Å². The molecule has 0 aliphatic carbocycles. The van der Waals surface area contributed by atoms with Crippen LogP contribution in [0.4, 0.5) is 18.9 Å². The Balaban J connectivity index is 2.12. The third kappa shape index (κ3) is 4.18. The Bertz CT molecular complexity index is 645. The molecule has 1 aromatic carbocycles. The maximum absolute atomic E-state index is 12.0. The second-order valence-electron chi connectivity index (χ2n) is 3.86. The first-order valence-corrected chi connectivity index (χ1v) is 6.62. The Morgan fingerprint density at radius 2 is 2.00 bits per heavy atom. The van der Waals surface area contributed by atoms with E-state index < -0.39 is 17.5 Å². The highest BCUT2D eigenvalue weighted by Crippen LogP contribution is 2.31. The summed E-state index contributed by atoms with van der Waals surface area (Å²) in [4.78, 5) is 10.3. The number of nitro benzene ring substituents is 1. The van der Waals surface area contributed by atoms with Gasteiger partial charge in [-0.25, -0.2) is 0 Å². The average Bonchev–Trinajstić information content (AvgIpc) is 2.86. The molecule has 0 spiro atoms. The molecule has 0 saturated carbocycles. The van der Waals surface area contributed by atoms with Gasteiger partial charge in [0.15, 0.2) is 0 Å². The zero-order chi connectivity index (χ0) is 15.5. The van der Waals surface area contributed by atoms with Crippen LogP contribution in [0.25, 0.3) is 11.5 Å². The summed E-state index contributed by atoms with van der Waals surface area (Å²) in [6.45, 7) is 0. The van der Waals surface area contributed by atoms with E-state index in [4.69, 9.17) is 4.42 Å². The molecule has 6 nitrogen and oxygen atoms in total. The molecule has 2 aromatic rings. The molecule has 0 atom stereocenters. The Morgan fingerprint density at radius 1 is 1.29 bits per heavy atom. The summed E-state index contributed by atoms with van der Waals surface area (Å²) in [5.74, 6) is -0.362. The predicted molar refractivity (Wildman–Crippen MR) is 67.8 cm³/mol. The molecule has 0 aliphatic rings. The van der Waals surface area contributed by atoms with Crippen LogP contribution in [0.2, 0.25) is 0 Å². The summed E-state index contributed by atoms with van der Waals surface area (Å²) in [6, 6.07) is 5.74. The van der Waals surface area contributed by atoms with Crippen LogP contribution < -0.4 is 0 Å². The van der Waals surface area contributed by atoms with Crippen LogP contribution in [0.1, 0.15) is 6.42 Å². The molecule has 10 heteroatoms. The van der Waals surface area contributed by atoms with Crippen molar-refractivity contribution in [3.63, 3.8) is 0 Å². The maximum atomic E-state index is 12.0. The molecular formula is C11H8F3N3O3S. The van der Waals surface area contributed by atoms with Crippen LogP contribution in [0.15, 0.2) is 33.9 Å². The Hall–Kier alpha value is -2.10. The molecule has 0 amide bonds. The first kappa shape index (κ1) is 15.3. The van der Waals surface area contributed by atoms with Gasteiger partial charge < -0.3 is 4.42 Å². The molecular weight excluding hydrogens is 311 g/mol. The molecule has 21 heavy (non-hydrogen) atoms. The zero-order valence-electron chi connectivity index (χ0n) is 10.3. The number of alkyl halides is 3. The van der Waals surface area contributed by atoms with Crippen LogP contribution in [-0.2, 0) is 0 Å². The van der Waals surface area contributed by atoms with Crippen molar-refractivity contribution in [3.05, 3.63) is 34.4 Å². The smallest absolute Gasteiger partial charge is 0.389 e. The highest BCUT2D eigenvalue weighted by atomic mass is 32.2. The Labute approximate surface area is 120 Å². The fourth-order valence-electron chi connectivity index (χ4n) is 1.44. The molecule has 0 bridgehead atoms. The van der Waals surface area contributed by atoms with Gasteiger partial charge in [-0.2, -0.15) is 13.2 Å². The highest BCUT2D eigenvalue weighted by Gasteiger charge is 2.27. The lowest BCUT2D eigenvalue weighted by Gasteiger charge is -2.02. The molecule has 0 aliphatic heterocycles. The van der Waals surface area contributed by atoms with Crippen molar-refractivity contribution in [3.8, 4) is 11.5 Å².